The highest BCUT2D eigenvalue weighted by atomic mass is 16.7. The first-order chi connectivity index (χ1) is 14.8. The molecule has 8 nitrogen and oxygen atoms in total. The van der Waals surface area contributed by atoms with Crippen LogP contribution in [0.3, 0.4) is 0 Å². The van der Waals surface area contributed by atoms with Crippen LogP contribution in [0.1, 0.15) is 32.5 Å². The van der Waals surface area contributed by atoms with E-state index in [9.17, 15) is 9.90 Å². The van der Waals surface area contributed by atoms with Crippen molar-refractivity contribution in [1.82, 2.24) is 15.1 Å². The molecule has 1 aliphatic heterocycles. The molecule has 31 heavy (non-hydrogen) atoms. The third-order valence-corrected chi connectivity index (χ3v) is 4.63. The molecule has 0 saturated carbocycles. The summed E-state index contributed by atoms with van der Waals surface area (Å²) < 4.78 is 18.0. The molecular formula is C23H25N3O5. The van der Waals surface area contributed by atoms with Crippen LogP contribution in [-0.2, 0) is 4.74 Å². The van der Waals surface area contributed by atoms with Crippen LogP contribution in [0.2, 0.25) is 0 Å². The van der Waals surface area contributed by atoms with Crippen molar-refractivity contribution in [1.29, 1.82) is 0 Å². The van der Waals surface area contributed by atoms with E-state index in [4.69, 9.17) is 14.2 Å². The Balaban J connectivity index is 1.72. The van der Waals surface area contributed by atoms with Crippen molar-refractivity contribution in [3.63, 3.8) is 0 Å². The molecule has 1 amide bonds. The molecule has 162 valence electrons. The van der Waals surface area contributed by atoms with Crippen molar-refractivity contribution < 1.29 is 24.1 Å². The Morgan fingerprint density at radius 1 is 1.16 bits per heavy atom. The number of ether oxygens (including phenoxy) is 3. The van der Waals surface area contributed by atoms with Crippen molar-refractivity contribution in [2.45, 2.75) is 32.4 Å². The van der Waals surface area contributed by atoms with Crippen LogP contribution in [-0.4, -0.2) is 40.0 Å². The van der Waals surface area contributed by atoms with Gasteiger partial charge in [-0.2, -0.15) is 5.10 Å². The van der Waals surface area contributed by atoms with E-state index in [0.29, 0.717) is 17.2 Å². The quantitative estimate of drug-likeness (QED) is 0.648. The third-order valence-electron chi connectivity index (χ3n) is 4.63. The maximum Gasteiger partial charge on any atom is 0.408 e. The van der Waals surface area contributed by atoms with Gasteiger partial charge in [-0.3, -0.25) is 0 Å². The first kappa shape index (κ1) is 20.7. The van der Waals surface area contributed by atoms with Gasteiger partial charge in [0.15, 0.2) is 11.5 Å². The van der Waals surface area contributed by atoms with E-state index in [1.54, 1.807) is 25.5 Å². The standard InChI is InChI=1S/C23H25N3O5/c1-23(2,3)31-22(28)24-18(13-27)17-12-19(26(25-17)16-7-5-4-6-8-16)15-9-10-20-21(11-15)30-14-29-20/h4-12,18,27H,13-14H2,1-3H3,(H,24,28). The predicted octanol–water partition coefficient (Wildman–Crippen LogP) is 3.83. The summed E-state index contributed by atoms with van der Waals surface area (Å²) in [5.74, 6) is 1.35. The van der Waals surface area contributed by atoms with Gasteiger partial charge in [0.05, 0.1) is 29.7 Å². The van der Waals surface area contributed by atoms with Crippen LogP contribution in [0.15, 0.2) is 54.6 Å². The Morgan fingerprint density at radius 3 is 2.61 bits per heavy atom. The van der Waals surface area contributed by atoms with Crippen molar-refractivity contribution in [3.8, 4) is 28.4 Å². The van der Waals surface area contributed by atoms with Gasteiger partial charge in [0.25, 0.3) is 0 Å². The summed E-state index contributed by atoms with van der Waals surface area (Å²) in [5, 5.41) is 17.3. The summed E-state index contributed by atoms with van der Waals surface area (Å²) in [6.07, 6.45) is -0.620. The van der Waals surface area contributed by atoms with Crippen molar-refractivity contribution in [3.05, 3.63) is 60.3 Å². The summed E-state index contributed by atoms with van der Waals surface area (Å²) in [7, 11) is 0. The first-order valence-corrected chi connectivity index (χ1v) is 10.00. The minimum Gasteiger partial charge on any atom is -0.454 e. The molecule has 0 fully saturated rings. The fourth-order valence-corrected chi connectivity index (χ4v) is 3.26. The average molecular weight is 423 g/mol. The number of aromatic nitrogens is 2. The molecule has 1 unspecified atom stereocenters. The van der Waals surface area contributed by atoms with Gasteiger partial charge in [-0.05, 0) is 57.2 Å². The molecule has 0 bridgehead atoms. The van der Waals surface area contributed by atoms with Gasteiger partial charge in [0, 0.05) is 5.56 Å². The molecule has 0 radical (unpaired) electrons. The zero-order valence-electron chi connectivity index (χ0n) is 17.7. The van der Waals surface area contributed by atoms with E-state index in [0.717, 1.165) is 16.9 Å². The molecular weight excluding hydrogens is 398 g/mol. The van der Waals surface area contributed by atoms with Crippen molar-refractivity contribution in [2.24, 2.45) is 0 Å². The largest absolute Gasteiger partial charge is 0.454 e. The lowest BCUT2D eigenvalue weighted by molar-refractivity contribution is 0.0480. The fourth-order valence-electron chi connectivity index (χ4n) is 3.26. The number of hydrogen-bond donors (Lipinski definition) is 2. The Kier molecular flexibility index (Phi) is 5.56. The number of alkyl carbamates (subject to hydrolysis) is 1. The minimum absolute atomic E-state index is 0.189. The Hall–Kier alpha value is -3.52. The summed E-state index contributed by atoms with van der Waals surface area (Å²) in [6, 6.07) is 16.4. The van der Waals surface area contributed by atoms with Crippen molar-refractivity contribution >= 4 is 6.09 Å². The SMILES string of the molecule is CC(C)(C)OC(=O)NC(CO)c1cc(-c2ccc3c(c2)OCO3)n(-c2ccccc2)n1. The Bertz CT molecular complexity index is 1070. The maximum atomic E-state index is 12.3. The van der Waals surface area contributed by atoms with Gasteiger partial charge in [-0.25, -0.2) is 9.48 Å². The molecule has 2 heterocycles. The molecule has 2 aromatic carbocycles. The molecule has 0 saturated heterocycles. The van der Waals surface area contributed by atoms with Gasteiger partial charge in [-0.1, -0.05) is 18.2 Å². The summed E-state index contributed by atoms with van der Waals surface area (Å²) in [5.41, 5.74) is 2.34. The summed E-state index contributed by atoms with van der Waals surface area (Å²) >= 11 is 0. The number of benzene rings is 2. The number of para-hydroxylation sites is 1. The molecule has 1 aromatic heterocycles. The van der Waals surface area contributed by atoms with Crippen LogP contribution in [0.5, 0.6) is 11.5 Å². The summed E-state index contributed by atoms with van der Waals surface area (Å²) in [6.45, 7) is 5.20. The fraction of sp³-hybridized carbons (Fsp3) is 0.304. The maximum absolute atomic E-state index is 12.3. The lowest BCUT2D eigenvalue weighted by Gasteiger charge is -2.22. The highest BCUT2D eigenvalue weighted by molar-refractivity contribution is 5.69. The van der Waals surface area contributed by atoms with E-state index in [2.05, 4.69) is 10.4 Å². The van der Waals surface area contributed by atoms with Gasteiger partial charge in [-0.15, -0.1) is 0 Å². The summed E-state index contributed by atoms with van der Waals surface area (Å²) in [4.78, 5) is 12.3. The second kappa shape index (κ2) is 8.31. The minimum atomic E-state index is -0.729. The molecule has 4 rings (SSSR count). The van der Waals surface area contributed by atoms with E-state index in [-0.39, 0.29) is 13.4 Å². The number of aliphatic hydroxyl groups excluding tert-OH is 1. The number of fused-ring (bicyclic) bond motifs is 1. The zero-order chi connectivity index (χ0) is 22.0. The van der Waals surface area contributed by atoms with Crippen LogP contribution < -0.4 is 14.8 Å². The smallest absolute Gasteiger partial charge is 0.408 e. The van der Waals surface area contributed by atoms with Crippen LogP contribution in [0, 0.1) is 0 Å². The van der Waals surface area contributed by atoms with E-state index in [1.807, 2.05) is 54.6 Å². The number of nitrogens with zero attached hydrogens (tertiary/aromatic N) is 2. The van der Waals surface area contributed by atoms with Crippen LogP contribution in [0.25, 0.3) is 16.9 Å². The number of carbonyl (C=O) groups excluding carboxylic acids is 1. The van der Waals surface area contributed by atoms with Gasteiger partial charge in [0.1, 0.15) is 5.60 Å². The molecule has 0 aliphatic carbocycles. The van der Waals surface area contributed by atoms with Crippen molar-refractivity contribution in [2.75, 3.05) is 13.4 Å². The van der Waals surface area contributed by atoms with E-state index >= 15 is 0 Å². The number of amides is 1. The lowest BCUT2D eigenvalue weighted by Crippen LogP contribution is -2.36. The van der Waals surface area contributed by atoms with Gasteiger partial charge in [0.2, 0.25) is 6.79 Å². The second-order valence-corrected chi connectivity index (χ2v) is 8.15. The first-order valence-electron chi connectivity index (χ1n) is 10.00. The monoisotopic (exact) mass is 423 g/mol. The molecule has 2 N–H and O–H groups in total. The molecule has 3 aromatic rings. The van der Waals surface area contributed by atoms with E-state index in [1.165, 1.54) is 0 Å². The normalized spacial score (nSPS) is 13.7. The van der Waals surface area contributed by atoms with Gasteiger partial charge >= 0.3 is 6.09 Å². The molecule has 0 spiro atoms. The molecule has 1 atom stereocenters. The van der Waals surface area contributed by atoms with Crippen LogP contribution >= 0.6 is 0 Å². The molecule has 8 heteroatoms. The van der Waals surface area contributed by atoms with E-state index < -0.39 is 17.7 Å². The van der Waals surface area contributed by atoms with Crippen LogP contribution in [0.4, 0.5) is 4.79 Å². The molecule has 1 aliphatic rings. The third kappa shape index (κ3) is 4.64. The highest BCUT2D eigenvalue weighted by Gasteiger charge is 2.24. The Morgan fingerprint density at radius 2 is 1.90 bits per heavy atom. The zero-order valence-corrected chi connectivity index (χ0v) is 17.7. The average Bonchev–Trinajstić information content (AvgIpc) is 3.38. The second-order valence-electron chi connectivity index (χ2n) is 8.15. The number of hydrogen-bond acceptors (Lipinski definition) is 6. The number of rotatable bonds is 5. The number of carbonyl (C=O) groups is 1. The Labute approximate surface area is 180 Å². The van der Waals surface area contributed by atoms with Gasteiger partial charge < -0.3 is 24.6 Å². The topological polar surface area (TPSA) is 94.8 Å². The highest BCUT2D eigenvalue weighted by Crippen LogP contribution is 2.37. The number of nitrogens with one attached hydrogen (secondary N) is 1. The predicted molar refractivity (Wildman–Crippen MR) is 114 cm³/mol. The number of aliphatic hydroxyl groups is 1. The lowest BCUT2D eigenvalue weighted by atomic mass is 10.1.